The van der Waals surface area contributed by atoms with Crippen molar-refractivity contribution in [1.29, 1.82) is 0 Å². The van der Waals surface area contributed by atoms with Crippen LogP contribution in [0.5, 0.6) is 5.75 Å². The summed E-state index contributed by atoms with van der Waals surface area (Å²) < 4.78 is 31.5. The molecule has 0 saturated carbocycles. The van der Waals surface area contributed by atoms with Crippen molar-refractivity contribution in [3.05, 3.63) is 27.8 Å². The molecule has 0 aromatic heterocycles. The fraction of sp³-hybridized carbons (Fsp3) is 0.400. The number of rotatable bonds is 4. The highest BCUT2D eigenvalue weighted by Gasteiger charge is 2.30. The fourth-order valence-corrected chi connectivity index (χ4v) is 2.49. The van der Waals surface area contributed by atoms with Crippen LogP contribution in [0.15, 0.2) is 17.0 Å². The summed E-state index contributed by atoms with van der Waals surface area (Å²) in [6, 6.07) is 1.84. The first-order valence-corrected chi connectivity index (χ1v) is 6.61. The van der Waals surface area contributed by atoms with Gasteiger partial charge in [-0.3, -0.25) is 14.7 Å². The van der Waals surface area contributed by atoms with Crippen LogP contribution in [0.2, 0.25) is 0 Å². The fourth-order valence-electron chi connectivity index (χ4n) is 1.68. The van der Waals surface area contributed by atoms with Gasteiger partial charge in [-0.25, -0.2) is 0 Å². The lowest BCUT2D eigenvalue weighted by Crippen LogP contribution is -2.09. The number of nitrogens with zero attached hydrogens (tertiary/aromatic N) is 1. The van der Waals surface area contributed by atoms with E-state index in [4.69, 9.17) is 4.55 Å². The molecule has 1 atom stereocenters. The van der Waals surface area contributed by atoms with E-state index in [0.717, 1.165) is 12.1 Å². The zero-order valence-electron chi connectivity index (χ0n) is 9.82. The predicted molar refractivity (Wildman–Crippen MR) is 63.3 cm³/mol. The molecule has 7 nitrogen and oxygen atoms in total. The topological polar surface area (TPSA) is 118 Å². The average Bonchev–Trinajstić information content (AvgIpc) is 2.25. The van der Waals surface area contributed by atoms with Crippen molar-refractivity contribution in [3.8, 4) is 5.75 Å². The van der Waals surface area contributed by atoms with E-state index < -0.39 is 37.3 Å². The number of hydrogen-bond donors (Lipinski definition) is 2. The van der Waals surface area contributed by atoms with Crippen LogP contribution in [0.1, 0.15) is 31.7 Å². The van der Waals surface area contributed by atoms with Gasteiger partial charge in [0.1, 0.15) is 4.90 Å². The van der Waals surface area contributed by atoms with E-state index in [-0.39, 0.29) is 5.56 Å². The molecule has 18 heavy (non-hydrogen) atoms. The van der Waals surface area contributed by atoms with Crippen LogP contribution in [0.3, 0.4) is 0 Å². The second-order valence-corrected chi connectivity index (χ2v) is 5.28. The Kier molecular flexibility index (Phi) is 3.92. The molecule has 100 valence electrons. The van der Waals surface area contributed by atoms with Crippen LogP contribution in [0.4, 0.5) is 5.69 Å². The molecule has 0 spiro atoms. The molecule has 0 saturated heterocycles. The van der Waals surface area contributed by atoms with Crippen LogP contribution < -0.4 is 0 Å². The molecular formula is C10H13NO6S. The van der Waals surface area contributed by atoms with Crippen molar-refractivity contribution in [2.24, 2.45) is 0 Å². The molecule has 1 aromatic carbocycles. The normalized spacial score (nSPS) is 13.3. The van der Waals surface area contributed by atoms with Gasteiger partial charge in [-0.1, -0.05) is 13.8 Å². The maximum Gasteiger partial charge on any atom is 0.315 e. The quantitative estimate of drug-likeness (QED) is 0.493. The molecule has 1 aromatic rings. The Hall–Kier alpha value is -1.67. The van der Waals surface area contributed by atoms with Gasteiger partial charge >= 0.3 is 5.69 Å². The number of nitro benzene ring substituents is 1. The van der Waals surface area contributed by atoms with Crippen molar-refractivity contribution in [1.82, 2.24) is 0 Å². The minimum absolute atomic E-state index is 0.176. The van der Waals surface area contributed by atoms with Gasteiger partial charge in [0, 0.05) is 0 Å². The third-order valence-electron chi connectivity index (χ3n) is 2.72. The average molecular weight is 275 g/mol. The minimum atomic E-state index is -4.58. The maximum atomic E-state index is 11.2. The minimum Gasteiger partial charge on any atom is -0.502 e. The Morgan fingerprint density at radius 3 is 2.39 bits per heavy atom. The summed E-state index contributed by atoms with van der Waals surface area (Å²) >= 11 is 0. The van der Waals surface area contributed by atoms with Crippen molar-refractivity contribution < 1.29 is 23.0 Å². The first-order valence-electron chi connectivity index (χ1n) is 5.17. The van der Waals surface area contributed by atoms with Gasteiger partial charge in [0.2, 0.25) is 0 Å². The lowest BCUT2D eigenvalue weighted by Gasteiger charge is -2.14. The van der Waals surface area contributed by atoms with E-state index in [1.54, 1.807) is 13.8 Å². The summed E-state index contributed by atoms with van der Waals surface area (Å²) in [5.41, 5.74) is -0.857. The highest BCUT2D eigenvalue weighted by atomic mass is 32.2. The van der Waals surface area contributed by atoms with Gasteiger partial charge in [0.05, 0.1) is 10.5 Å². The Morgan fingerprint density at radius 2 is 2.00 bits per heavy atom. The van der Waals surface area contributed by atoms with E-state index in [9.17, 15) is 23.6 Å². The largest absolute Gasteiger partial charge is 0.502 e. The van der Waals surface area contributed by atoms with E-state index in [2.05, 4.69) is 0 Å². The van der Waals surface area contributed by atoms with Crippen molar-refractivity contribution in [2.45, 2.75) is 31.1 Å². The second kappa shape index (κ2) is 4.91. The third kappa shape index (κ3) is 2.59. The van der Waals surface area contributed by atoms with Gasteiger partial charge in [-0.05, 0) is 24.5 Å². The molecule has 1 rings (SSSR count). The summed E-state index contributed by atoms with van der Waals surface area (Å²) in [6.45, 7) is 3.29. The Bertz CT molecular complexity index is 580. The molecule has 8 heteroatoms. The lowest BCUT2D eigenvalue weighted by molar-refractivity contribution is -0.387. The number of benzene rings is 1. The van der Waals surface area contributed by atoms with Crippen LogP contribution >= 0.6 is 0 Å². The summed E-state index contributed by atoms with van der Waals surface area (Å²) in [7, 11) is -4.58. The molecule has 0 aliphatic rings. The van der Waals surface area contributed by atoms with Crippen LogP contribution in [0.25, 0.3) is 0 Å². The highest BCUT2D eigenvalue weighted by Crippen LogP contribution is 2.39. The Balaban J connectivity index is 3.76. The molecule has 2 N–H and O–H groups in total. The number of nitro groups is 1. The third-order valence-corrected chi connectivity index (χ3v) is 3.63. The maximum absolute atomic E-state index is 11.2. The van der Waals surface area contributed by atoms with Crippen LogP contribution in [-0.4, -0.2) is 23.0 Å². The first kappa shape index (κ1) is 14.4. The number of phenolic OH excluding ortho intramolecular Hbond substituents is 1. The molecule has 0 radical (unpaired) electrons. The van der Waals surface area contributed by atoms with Gasteiger partial charge in [0.15, 0.2) is 5.75 Å². The van der Waals surface area contributed by atoms with Gasteiger partial charge in [-0.15, -0.1) is 0 Å². The highest BCUT2D eigenvalue weighted by molar-refractivity contribution is 7.85. The molecule has 0 fully saturated rings. The van der Waals surface area contributed by atoms with Gasteiger partial charge in [0.25, 0.3) is 10.1 Å². The monoisotopic (exact) mass is 275 g/mol. The summed E-state index contributed by atoms with van der Waals surface area (Å²) in [5, 5.41) is 20.4. The van der Waals surface area contributed by atoms with Crippen molar-refractivity contribution in [2.75, 3.05) is 0 Å². The first-order chi connectivity index (χ1) is 8.20. The van der Waals surface area contributed by atoms with E-state index in [1.165, 1.54) is 0 Å². The molecule has 0 aliphatic heterocycles. The number of aromatic hydroxyl groups is 1. The van der Waals surface area contributed by atoms with Crippen LogP contribution in [0, 0.1) is 10.1 Å². The SMILES string of the molecule is CCC(C)c1c(S(=O)(=O)O)ccc(O)c1[N+](=O)[O-]. The molecule has 0 aliphatic carbocycles. The molecule has 0 bridgehead atoms. The Labute approximate surface area is 104 Å². The van der Waals surface area contributed by atoms with E-state index >= 15 is 0 Å². The number of phenols is 1. The molecule has 0 heterocycles. The zero-order valence-corrected chi connectivity index (χ0v) is 10.6. The van der Waals surface area contributed by atoms with Crippen molar-refractivity contribution in [3.63, 3.8) is 0 Å². The van der Waals surface area contributed by atoms with Gasteiger partial charge in [-0.2, -0.15) is 8.42 Å². The summed E-state index contributed by atoms with van der Waals surface area (Å²) in [6.07, 6.45) is 0.423. The number of hydrogen-bond acceptors (Lipinski definition) is 5. The summed E-state index contributed by atoms with van der Waals surface area (Å²) in [5.74, 6) is -1.11. The Morgan fingerprint density at radius 1 is 1.44 bits per heavy atom. The predicted octanol–water partition coefficient (Wildman–Crippen LogP) is 2.06. The van der Waals surface area contributed by atoms with Crippen molar-refractivity contribution >= 4 is 15.8 Å². The second-order valence-electron chi connectivity index (χ2n) is 3.89. The van der Waals surface area contributed by atoms with Crippen LogP contribution in [-0.2, 0) is 10.1 Å². The lowest BCUT2D eigenvalue weighted by atomic mass is 9.96. The molecular weight excluding hydrogens is 262 g/mol. The zero-order chi connectivity index (χ0) is 14.1. The molecule has 0 amide bonds. The van der Waals surface area contributed by atoms with E-state index in [1.807, 2.05) is 0 Å². The summed E-state index contributed by atoms with van der Waals surface area (Å²) in [4.78, 5) is 9.52. The smallest absolute Gasteiger partial charge is 0.315 e. The van der Waals surface area contributed by atoms with E-state index in [0.29, 0.717) is 6.42 Å². The van der Waals surface area contributed by atoms with Gasteiger partial charge < -0.3 is 5.11 Å². The molecule has 1 unspecified atom stereocenters. The standard InChI is InChI=1S/C10H13NO6S/c1-3-6(2)9-8(18(15,16)17)5-4-7(12)10(9)11(13)14/h4-6,12H,3H2,1-2H3,(H,15,16,17).